The second-order valence-corrected chi connectivity index (χ2v) is 9.95. The van der Waals surface area contributed by atoms with Crippen LogP contribution in [-0.2, 0) is 19.1 Å². The van der Waals surface area contributed by atoms with Crippen LogP contribution in [-0.4, -0.2) is 41.9 Å². The van der Waals surface area contributed by atoms with Crippen LogP contribution in [0.2, 0.25) is 10.0 Å². The second-order valence-electron chi connectivity index (χ2n) is 9.14. The van der Waals surface area contributed by atoms with Crippen molar-refractivity contribution in [1.29, 1.82) is 0 Å². The maximum atomic E-state index is 13.6. The Bertz CT molecular complexity index is 913. The molecule has 5 nitrogen and oxygen atoms in total. The van der Waals surface area contributed by atoms with Gasteiger partial charge in [0.05, 0.1) is 33.7 Å². The van der Waals surface area contributed by atoms with Crippen molar-refractivity contribution in [3.63, 3.8) is 0 Å². The number of ketones is 1. The molecule has 1 saturated carbocycles. The molecular formula is C24H29Cl2NO4. The number of amides is 1. The minimum atomic E-state index is -0.512. The fourth-order valence-electron chi connectivity index (χ4n) is 4.94. The van der Waals surface area contributed by atoms with Gasteiger partial charge in [0.25, 0.3) is 5.91 Å². The quantitative estimate of drug-likeness (QED) is 0.531. The van der Waals surface area contributed by atoms with Crippen LogP contribution in [0.3, 0.4) is 0 Å². The van der Waals surface area contributed by atoms with Gasteiger partial charge >= 0.3 is 0 Å². The fraction of sp³-hybridized carbons (Fsp3) is 0.583. The number of Topliss-reactive ketones (excluding diaryl/α,β-unsaturated/α-hetero) is 1. The molecule has 31 heavy (non-hydrogen) atoms. The third-order valence-corrected chi connectivity index (χ3v) is 7.20. The van der Waals surface area contributed by atoms with Crippen LogP contribution < -0.4 is 0 Å². The van der Waals surface area contributed by atoms with Crippen molar-refractivity contribution in [3.8, 4) is 0 Å². The van der Waals surface area contributed by atoms with E-state index < -0.39 is 6.04 Å². The molecule has 3 aliphatic rings. The van der Waals surface area contributed by atoms with Gasteiger partial charge in [-0.25, -0.2) is 0 Å². The third-order valence-electron chi connectivity index (χ3n) is 6.46. The molecule has 0 saturated heterocycles. The van der Waals surface area contributed by atoms with Gasteiger partial charge in [-0.3, -0.25) is 9.59 Å². The molecule has 4 unspecified atom stereocenters. The van der Waals surface area contributed by atoms with E-state index in [1.807, 2.05) is 19.9 Å². The number of carbonyl (C=O) groups is 2. The Hall–Kier alpha value is -1.56. The van der Waals surface area contributed by atoms with Crippen LogP contribution in [0, 0.1) is 11.8 Å². The van der Waals surface area contributed by atoms with E-state index in [2.05, 4.69) is 6.92 Å². The van der Waals surface area contributed by atoms with Gasteiger partial charge in [0.2, 0.25) is 0 Å². The summed E-state index contributed by atoms with van der Waals surface area (Å²) in [4.78, 5) is 28.7. The molecule has 168 valence electrons. The molecule has 4 rings (SSSR count). The summed E-state index contributed by atoms with van der Waals surface area (Å²) in [6.45, 7) is 7.14. The van der Waals surface area contributed by atoms with E-state index in [0.717, 1.165) is 24.8 Å². The van der Waals surface area contributed by atoms with Gasteiger partial charge in [-0.05, 0) is 63.1 Å². The van der Waals surface area contributed by atoms with E-state index in [1.54, 1.807) is 17.0 Å². The van der Waals surface area contributed by atoms with Crippen molar-refractivity contribution in [1.82, 2.24) is 4.90 Å². The predicted octanol–water partition coefficient (Wildman–Crippen LogP) is 5.35. The Morgan fingerprint density at radius 2 is 1.97 bits per heavy atom. The maximum Gasteiger partial charge on any atom is 0.290 e. The Morgan fingerprint density at radius 3 is 2.68 bits per heavy atom. The zero-order chi connectivity index (χ0) is 22.3. The number of rotatable bonds is 6. The summed E-state index contributed by atoms with van der Waals surface area (Å²) in [6, 6.07) is 4.78. The van der Waals surface area contributed by atoms with Crippen molar-refractivity contribution >= 4 is 34.9 Å². The summed E-state index contributed by atoms with van der Waals surface area (Å²) in [5.74, 6) is 0.330. The summed E-state index contributed by atoms with van der Waals surface area (Å²) in [6.07, 6.45) is 3.20. The summed E-state index contributed by atoms with van der Waals surface area (Å²) in [5, 5.41) is 0.838. The number of hydrogen-bond donors (Lipinski definition) is 0. The monoisotopic (exact) mass is 465 g/mol. The molecule has 0 bridgehead atoms. The molecular weight excluding hydrogens is 437 g/mol. The highest BCUT2D eigenvalue weighted by molar-refractivity contribution is 6.42. The molecule has 7 heteroatoms. The number of ether oxygens (including phenoxy) is 2. The topological polar surface area (TPSA) is 55.8 Å². The second kappa shape index (κ2) is 9.13. The van der Waals surface area contributed by atoms with E-state index in [1.165, 1.54) is 0 Å². The smallest absolute Gasteiger partial charge is 0.290 e. The van der Waals surface area contributed by atoms with Crippen molar-refractivity contribution < 1.29 is 19.1 Å². The highest BCUT2D eigenvalue weighted by Crippen LogP contribution is 2.48. The molecule has 1 aliphatic carbocycles. The van der Waals surface area contributed by atoms with Gasteiger partial charge < -0.3 is 14.4 Å². The number of carbonyl (C=O) groups excluding carboxylic acids is 2. The van der Waals surface area contributed by atoms with Crippen LogP contribution >= 0.6 is 23.2 Å². The Morgan fingerprint density at radius 1 is 1.19 bits per heavy atom. The van der Waals surface area contributed by atoms with Gasteiger partial charge in [-0.15, -0.1) is 0 Å². The summed E-state index contributed by atoms with van der Waals surface area (Å²) < 4.78 is 11.9. The highest BCUT2D eigenvalue weighted by atomic mass is 35.5. The standard InChI is InChI=1S/C24H29Cl2NO4/c1-13(2)30-10-4-9-27-21(15-6-7-17(25)18(26)12-15)20-22(28)16-11-14(3)5-8-19(16)31-23(20)24(27)29/h6-7,12-14,16,19,21H,4-5,8-11H2,1-3H3. The van der Waals surface area contributed by atoms with Crippen LogP contribution in [0.25, 0.3) is 0 Å². The molecule has 4 atom stereocenters. The molecule has 1 amide bonds. The minimum Gasteiger partial charge on any atom is -0.483 e. The van der Waals surface area contributed by atoms with E-state index in [-0.39, 0.29) is 35.6 Å². The zero-order valence-electron chi connectivity index (χ0n) is 18.2. The minimum absolute atomic E-state index is 0.0446. The van der Waals surface area contributed by atoms with Gasteiger partial charge in [0, 0.05) is 13.2 Å². The first kappa shape index (κ1) is 22.6. The maximum absolute atomic E-state index is 13.6. The molecule has 1 aromatic rings. The van der Waals surface area contributed by atoms with Gasteiger partial charge in [-0.1, -0.05) is 36.2 Å². The lowest BCUT2D eigenvalue weighted by Gasteiger charge is -2.37. The van der Waals surface area contributed by atoms with Crippen molar-refractivity contribution in [2.45, 2.75) is 64.7 Å². The third kappa shape index (κ3) is 4.37. The molecule has 0 aromatic heterocycles. The molecule has 1 fully saturated rings. The Balaban J connectivity index is 1.68. The number of benzene rings is 1. The van der Waals surface area contributed by atoms with E-state index in [0.29, 0.717) is 41.1 Å². The SMILES string of the molecule is CC1CCC2OC3=C(C(=O)C2C1)C(c1ccc(Cl)c(Cl)c1)N(CCCOC(C)C)C3=O. The lowest BCUT2D eigenvalue weighted by atomic mass is 9.74. The van der Waals surface area contributed by atoms with Gasteiger partial charge in [0.15, 0.2) is 11.5 Å². The first-order chi connectivity index (χ1) is 14.8. The average molecular weight is 466 g/mol. The zero-order valence-corrected chi connectivity index (χ0v) is 19.7. The van der Waals surface area contributed by atoms with Crippen LogP contribution in [0.5, 0.6) is 0 Å². The average Bonchev–Trinajstić information content (AvgIpc) is 3.00. The molecule has 2 aliphatic heterocycles. The molecule has 2 heterocycles. The number of nitrogens with zero attached hydrogens (tertiary/aromatic N) is 1. The number of fused-ring (bicyclic) bond motifs is 1. The van der Waals surface area contributed by atoms with E-state index in [4.69, 9.17) is 32.7 Å². The van der Waals surface area contributed by atoms with Gasteiger partial charge in [-0.2, -0.15) is 0 Å². The lowest BCUT2D eigenvalue weighted by molar-refractivity contribution is -0.136. The van der Waals surface area contributed by atoms with Crippen molar-refractivity contribution in [3.05, 3.63) is 45.1 Å². The fourth-order valence-corrected chi connectivity index (χ4v) is 5.24. The predicted molar refractivity (Wildman–Crippen MR) is 120 cm³/mol. The van der Waals surface area contributed by atoms with Crippen LogP contribution in [0.1, 0.15) is 58.1 Å². The molecule has 0 N–H and O–H groups in total. The van der Waals surface area contributed by atoms with E-state index in [9.17, 15) is 9.59 Å². The van der Waals surface area contributed by atoms with Crippen LogP contribution in [0.4, 0.5) is 0 Å². The summed E-state index contributed by atoms with van der Waals surface area (Å²) >= 11 is 12.4. The number of hydrogen-bond acceptors (Lipinski definition) is 4. The Kier molecular flexibility index (Phi) is 6.66. The summed E-state index contributed by atoms with van der Waals surface area (Å²) in [5.41, 5.74) is 1.25. The first-order valence-corrected chi connectivity index (χ1v) is 11.9. The lowest BCUT2D eigenvalue weighted by Crippen LogP contribution is -2.41. The molecule has 1 aromatic carbocycles. The molecule has 0 spiro atoms. The van der Waals surface area contributed by atoms with Gasteiger partial charge in [0.1, 0.15) is 6.10 Å². The highest BCUT2D eigenvalue weighted by Gasteiger charge is 2.52. The van der Waals surface area contributed by atoms with Crippen molar-refractivity contribution in [2.75, 3.05) is 13.2 Å². The number of halogens is 2. The van der Waals surface area contributed by atoms with Crippen molar-refractivity contribution in [2.24, 2.45) is 11.8 Å². The summed E-state index contributed by atoms with van der Waals surface area (Å²) in [7, 11) is 0. The first-order valence-electron chi connectivity index (χ1n) is 11.1. The van der Waals surface area contributed by atoms with E-state index >= 15 is 0 Å². The largest absolute Gasteiger partial charge is 0.483 e. The normalized spacial score (nSPS) is 28.1. The van der Waals surface area contributed by atoms with Crippen LogP contribution in [0.15, 0.2) is 29.5 Å². The Labute approximate surface area is 193 Å². The molecule has 0 radical (unpaired) electrons.